The summed E-state index contributed by atoms with van der Waals surface area (Å²) in [6.07, 6.45) is 4.93. The van der Waals surface area contributed by atoms with Crippen LogP contribution in [0.5, 0.6) is 0 Å². The van der Waals surface area contributed by atoms with Gasteiger partial charge in [-0.25, -0.2) is 0 Å². The lowest BCUT2D eigenvalue weighted by Crippen LogP contribution is -2.13. The lowest BCUT2D eigenvalue weighted by atomic mass is 9.82. The van der Waals surface area contributed by atoms with Gasteiger partial charge in [-0.2, -0.15) is 0 Å². The fourth-order valence-electron chi connectivity index (χ4n) is 6.25. The van der Waals surface area contributed by atoms with Gasteiger partial charge < -0.3 is 0 Å². The molecule has 0 bridgehead atoms. The Kier molecular flexibility index (Phi) is 8.15. The van der Waals surface area contributed by atoms with Gasteiger partial charge in [-0.3, -0.25) is 0 Å². The predicted octanol–water partition coefficient (Wildman–Crippen LogP) is 9.42. The van der Waals surface area contributed by atoms with Crippen LogP contribution in [0, 0.1) is 5.92 Å². The molecule has 0 aliphatic heterocycles. The van der Waals surface area contributed by atoms with E-state index < -0.39 is 0 Å². The normalized spacial score (nSPS) is 13.7. The van der Waals surface area contributed by atoms with Gasteiger partial charge in [-0.05, 0) is 71.1 Å². The molecule has 0 aromatic heterocycles. The van der Waals surface area contributed by atoms with Crippen molar-refractivity contribution in [3.8, 4) is 0 Å². The fourth-order valence-corrected chi connectivity index (χ4v) is 6.25. The third kappa shape index (κ3) is 6.24. The summed E-state index contributed by atoms with van der Waals surface area (Å²) in [6, 6.07) is 55.3. The molecule has 0 fully saturated rings. The van der Waals surface area contributed by atoms with Crippen LogP contribution in [0.4, 0.5) is 0 Å². The molecule has 5 aromatic carbocycles. The van der Waals surface area contributed by atoms with Crippen LogP contribution >= 0.6 is 0 Å². The van der Waals surface area contributed by atoms with Crippen molar-refractivity contribution in [2.45, 2.75) is 32.1 Å². The number of rotatable bonds is 10. The Balaban J connectivity index is 1.53. The van der Waals surface area contributed by atoms with Crippen molar-refractivity contribution in [1.29, 1.82) is 0 Å². The molecule has 0 spiro atoms. The smallest absolute Gasteiger partial charge is 0.00661 e. The summed E-state index contributed by atoms with van der Waals surface area (Å²) < 4.78 is 0. The van der Waals surface area contributed by atoms with Crippen molar-refractivity contribution in [2.24, 2.45) is 5.92 Å². The summed E-state index contributed by atoms with van der Waals surface area (Å²) in [5.41, 5.74) is 13.2. The van der Waals surface area contributed by atoms with E-state index in [2.05, 4.69) is 152 Å². The van der Waals surface area contributed by atoms with E-state index in [9.17, 15) is 0 Å². The molecule has 0 amide bonds. The Morgan fingerprint density at radius 2 is 0.575 bits per heavy atom. The quantitative estimate of drug-likeness (QED) is 0.173. The molecular formula is C40H36. The monoisotopic (exact) mass is 516 g/mol. The van der Waals surface area contributed by atoms with Gasteiger partial charge in [0, 0.05) is 5.92 Å². The average molecular weight is 517 g/mol. The van der Waals surface area contributed by atoms with E-state index in [0.717, 1.165) is 32.1 Å². The van der Waals surface area contributed by atoms with Gasteiger partial charge in [0.25, 0.3) is 0 Å². The number of benzene rings is 5. The Bertz CT molecular complexity index is 1460. The van der Waals surface area contributed by atoms with Crippen LogP contribution in [0.25, 0.3) is 0 Å². The SMILES string of the molecule is c1ccc(CC2=C(Cc3ccccc3)C(Cc3ccccc3)C(Cc3ccccc3)=C2Cc2ccccc2)cc1. The highest BCUT2D eigenvalue weighted by Gasteiger charge is 2.33. The van der Waals surface area contributed by atoms with E-state index in [0.29, 0.717) is 5.92 Å². The molecule has 0 saturated heterocycles. The highest BCUT2D eigenvalue weighted by molar-refractivity contribution is 5.56. The molecule has 0 saturated carbocycles. The van der Waals surface area contributed by atoms with Crippen LogP contribution in [0.2, 0.25) is 0 Å². The van der Waals surface area contributed by atoms with Crippen LogP contribution in [-0.2, 0) is 32.1 Å². The zero-order valence-electron chi connectivity index (χ0n) is 23.0. The summed E-state index contributed by atoms with van der Waals surface area (Å²) in [5, 5.41) is 0. The van der Waals surface area contributed by atoms with Gasteiger partial charge in [0.1, 0.15) is 0 Å². The number of allylic oxidation sites excluding steroid dienone is 4. The van der Waals surface area contributed by atoms with Crippen molar-refractivity contribution in [3.05, 3.63) is 202 Å². The van der Waals surface area contributed by atoms with E-state index in [-0.39, 0.29) is 0 Å². The number of hydrogen-bond donors (Lipinski definition) is 0. The average Bonchev–Trinajstić information content (AvgIpc) is 3.25. The molecule has 6 rings (SSSR count). The lowest BCUT2D eigenvalue weighted by molar-refractivity contribution is 0.677. The molecule has 5 aromatic rings. The second kappa shape index (κ2) is 12.6. The van der Waals surface area contributed by atoms with Gasteiger partial charge in [0.2, 0.25) is 0 Å². The summed E-state index contributed by atoms with van der Waals surface area (Å²) in [4.78, 5) is 0. The first-order chi connectivity index (χ1) is 19.8. The first-order valence-corrected chi connectivity index (χ1v) is 14.5. The first kappa shape index (κ1) is 25.8. The molecule has 1 aliphatic rings. The first-order valence-electron chi connectivity index (χ1n) is 14.5. The second-order valence-corrected chi connectivity index (χ2v) is 10.9. The summed E-state index contributed by atoms with van der Waals surface area (Å²) in [5.74, 6) is 0.375. The van der Waals surface area contributed by atoms with E-state index in [1.54, 1.807) is 22.3 Å². The van der Waals surface area contributed by atoms with Crippen molar-refractivity contribution in [3.63, 3.8) is 0 Å². The molecule has 0 heterocycles. The van der Waals surface area contributed by atoms with Gasteiger partial charge in [-0.15, -0.1) is 0 Å². The third-order valence-corrected chi connectivity index (χ3v) is 8.19. The van der Waals surface area contributed by atoms with Crippen molar-refractivity contribution in [2.75, 3.05) is 0 Å². The second-order valence-electron chi connectivity index (χ2n) is 10.9. The van der Waals surface area contributed by atoms with Gasteiger partial charge in [0.15, 0.2) is 0 Å². The highest BCUT2D eigenvalue weighted by atomic mass is 14.4. The van der Waals surface area contributed by atoms with Crippen molar-refractivity contribution in [1.82, 2.24) is 0 Å². The molecule has 0 unspecified atom stereocenters. The van der Waals surface area contributed by atoms with Gasteiger partial charge in [0.05, 0.1) is 0 Å². The maximum absolute atomic E-state index is 2.30. The molecule has 196 valence electrons. The van der Waals surface area contributed by atoms with E-state index in [4.69, 9.17) is 0 Å². The van der Waals surface area contributed by atoms with Crippen LogP contribution in [0.3, 0.4) is 0 Å². The molecular weight excluding hydrogens is 480 g/mol. The van der Waals surface area contributed by atoms with E-state index >= 15 is 0 Å². The summed E-state index contributed by atoms with van der Waals surface area (Å²) >= 11 is 0. The van der Waals surface area contributed by atoms with Gasteiger partial charge in [-0.1, -0.05) is 163 Å². The fraction of sp³-hybridized carbons (Fsp3) is 0.150. The van der Waals surface area contributed by atoms with Crippen LogP contribution < -0.4 is 0 Å². The standard InChI is InChI=1S/C40H36/c1-6-16-31(17-7-1)26-36-37(27-32-18-8-2-9-19-32)39(29-34-22-12-4-13-23-34)40(30-35-24-14-5-15-25-35)38(36)28-33-20-10-3-11-21-33/h1-25,36H,26-30H2. The molecule has 1 aliphatic carbocycles. The van der Waals surface area contributed by atoms with Crippen LogP contribution in [0.15, 0.2) is 174 Å². The molecule has 0 atom stereocenters. The van der Waals surface area contributed by atoms with E-state index in [1.807, 2.05) is 0 Å². The zero-order valence-corrected chi connectivity index (χ0v) is 23.0. The topological polar surface area (TPSA) is 0 Å². The minimum Gasteiger partial charge on any atom is -0.0622 e. The van der Waals surface area contributed by atoms with Gasteiger partial charge >= 0.3 is 0 Å². The Morgan fingerprint density at radius 1 is 0.300 bits per heavy atom. The van der Waals surface area contributed by atoms with Crippen molar-refractivity contribution >= 4 is 0 Å². The summed E-state index contributed by atoms with van der Waals surface area (Å²) in [7, 11) is 0. The molecule has 40 heavy (non-hydrogen) atoms. The van der Waals surface area contributed by atoms with E-state index in [1.165, 1.54) is 27.8 Å². The molecule has 0 radical (unpaired) electrons. The predicted molar refractivity (Wildman–Crippen MR) is 168 cm³/mol. The van der Waals surface area contributed by atoms with Crippen molar-refractivity contribution < 1.29 is 0 Å². The highest BCUT2D eigenvalue weighted by Crippen LogP contribution is 2.45. The zero-order chi connectivity index (χ0) is 27.0. The minimum atomic E-state index is 0.375. The maximum Gasteiger partial charge on any atom is 0.00661 e. The van der Waals surface area contributed by atoms with Crippen LogP contribution in [0.1, 0.15) is 27.8 Å². The number of hydrogen-bond acceptors (Lipinski definition) is 0. The van der Waals surface area contributed by atoms with Crippen LogP contribution in [-0.4, -0.2) is 0 Å². The largest absolute Gasteiger partial charge is 0.0622 e. The molecule has 0 heteroatoms. The third-order valence-electron chi connectivity index (χ3n) is 8.19. The summed E-state index contributed by atoms with van der Waals surface area (Å²) in [6.45, 7) is 0. The Labute approximate surface area is 239 Å². The Morgan fingerprint density at radius 3 is 0.900 bits per heavy atom. The molecule has 0 nitrogen and oxygen atoms in total. The maximum atomic E-state index is 2.30. The molecule has 0 N–H and O–H groups in total. The lowest BCUT2D eigenvalue weighted by Gasteiger charge is -2.21. The Hall–Kier alpha value is -4.42. The minimum absolute atomic E-state index is 0.375.